The Morgan fingerprint density at radius 3 is 2.58 bits per heavy atom. The van der Waals surface area contributed by atoms with Crippen LogP contribution in [-0.4, -0.2) is 25.1 Å². The molecule has 0 saturated heterocycles. The molecular weight excluding hydrogens is 374 g/mol. The zero-order valence-corrected chi connectivity index (χ0v) is 16.4. The van der Waals surface area contributed by atoms with E-state index in [0.717, 1.165) is 11.3 Å². The van der Waals surface area contributed by atoms with Gasteiger partial charge in [0, 0.05) is 16.3 Å². The fraction of sp³-hybridized carbons (Fsp3) is 0.368. The van der Waals surface area contributed by atoms with Crippen molar-refractivity contribution in [3.8, 4) is 5.75 Å². The first-order valence-electron chi connectivity index (χ1n) is 8.51. The highest BCUT2D eigenvalue weighted by Gasteiger charge is 2.18. The first-order valence-corrected chi connectivity index (χ1v) is 9.71. The van der Waals surface area contributed by atoms with Crippen molar-refractivity contribution in [3.05, 3.63) is 45.8 Å². The maximum absolute atomic E-state index is 12.2. The molecule has 5 nitrogen and oxygen atoms in total. The Hall–Kier alpha value is -2.05. The second-order valence-electron chi connectivity index (χ2n) is 5.48. The Morgan fingerprint density at radius 1 is 1.19 bits per heavy atom. The summed E-state index contributed by atoms with van der Waals surface area (Å²) in [5, 5.41) is 4.01. The number of ether oxygens (including phenoxy) is 2. The van der Waals surface area contributed by atoms with Crippen LogP contribution in [0, 0.1) is 0 Å². The van der Waals surface area contributed by atoms with E-state index in [1.165, 1.54) is 11.3 Å². The van der Waals surface area contributed by atoms with Crippen LogP contribution in [0.25, 0.3) is 0 Å². The molecule has 140 valence electrons. The number of carbonyl (C=O) groups is 2. The van der Waals surface area contributed by atoms with Crippen molar-refractivity contribution in [2.45, 2.75) is 33.1 Å². The number of carbonyl (C=O) groups excluding carboxylic acids is 2. The minimum Gasteiger partial charge on any atom is -0.494 e. The fourth-order valence-corrected chi connectivity index (χ4v) is 3.34. The molecule has 0 aliphatic carbocycles. The van der Waals surface area contributed by atoms with Crippen LogP contribution in [0.3, 0.4) is 0 Å². The van der Waals surface area contributed by atoms with Crippen molar-refractivity contribution >= 4 is 39.8 Å². The van der Waals surface area contributed by atoms with Gasteiger partial charge in [-0.1, -0.05) is 18.5 Å². The topological polar surface area (TPSA) is 64.6 Å². The van der Waals surface area contributed by atoms with E-state index in [1.807, 2.05) is 6.92 Å². The number of amides is 1. The van der Waals surface area contributed by atoms with Crippen LogP contribution in [0.5, 0.6) is 5.75 Å². The molecule has 0 fully saturated rings. The molecule has 1 N–H and O–H groups in total. The van der Waals surface area contributed by atoms with Crippen molar-refractivity contribution in [1.82, 2.24) is 0 Å². The third-order valence-corrected chi connectivity index (χ3v) is 4.96. The average molecular weight is 396 g/mol. The van der Waals surface area contributed by atoms with Gasteiger partial charge < -0.3 is 14.8 Å². The third-order valence-electron chi connectivity index (χ3n) is 3.51. The van der Waals surface area contributed by atoms with Crippen LogP contribution in [0.4, 0.5) is 5.00 Å². The highest BCUT2D eigenvalue weighted by molar-refractivity contribution is 7.16. The largest absolute Gasteiger partial charge is 0.494 e. The summed E-state index contributed by atoms with van der Waals surface area (Å²) in [5.41, 5.74) is 0.416. The zero-order valence-electron chi connectivity index (χ0n) is 14.8. The fourth-order valence-electron chi connectivity index (χ4n) is 2.21. The van der Waals surface area contributed by atoms with E-state index in [0.29, 0.717) is 47.4 Å². The maximum Gasteiger partial charge on any atom is 0.341 e. The maximum atomic E-state index is 12.2. The van der Waals surface area contributed by atoms with E-state index in [9.17, 15) is 9.59 Å². The third kappa shape index (κ3) is 6.04. The van der Waals surface area contributed by atoms with Crippen molar-refractivity contribution in [3.63, 3.8) is 0 Å². The van der Waals surface area contributed by atoms with Gasteiger partial charge >= 0.3 is 5.97 Å². The van der Waals surface area contributed by atoms with Gasteiger partial charge in [-0.05, 0) is 50.1 Å². The number of anilines is 1. The summed E-state index contributed by atoms with van der Waals surface area (Å²) in [6.07, 6.45) is 1.66. The lowest BCUT2D eigenvalue weighted by molar-refractivity contribution is -0.116. The van der Waals surface area contributed by atoms with E-state index in [4.69, 9.17) is 21.1 Å². The number of thiophene rings is 1. The Balaban J connectivity index is 1.84. The second-order valence-corrected chi connectivity index (χ2v) is 7.06. The summed E-state index contributed by atoms with van der Waals surface area (Å²) in [5.74, 6) is 0.148. The lowest BCUT2D eigenvalue weighted by Crippen LogP contribution is -2.14. The van der Waals surface area contributed by atoms with Crippen LogP contribution in [0.2, 0.25) is 5.02 Å². The number of benzene rings is 1. The molecule has 0 aliphatic heterocycles. The summed E-state index contributed by atoms with van der Waals surface area (Å²) in [4.78, 5) is 25.2. The van der Waals surface area contributed by atoms with Gasteiger partial charge in [0.1, 0.15) is 10.8 Å². The van der Waals surface area contributed by atoms with E-state index < -0.39 is 5.97 Å². The van der Waals surface area contributed by atoms with E-state index >= 15 is 0 Å². The number of nitrogens with one attached hydrogen (secondary N) is 1. The number of hydrogen-bond acceptors (Lipinski definition) is 5. The molecular formula is C19H22ClNO4S. The molecule has 1 aromatic heterocycles. The van der Waals surface area contributed by atoms with Crippen molar-refractivity contribution < 1.29 is 19.1 Å². The van der Waals surface area contributed by atoms with E-state index in [-0.39, 0.29) is 5.91 Å². The lowest BCUT2D eigenvalue weighted by atomic mass is 10.2. The lowest BCUT2D eigenvalue weighted by Gasteiger charge is -2.07. The first-order chi connectivity index (χ1) is 12.5. The quantitative estimate of drug-likeness (QED) is 0.482. The smallest absolute Gasteiger partial charge is 0.341 e. The summed E-state index contributed by atoms with van der Waals surface area (Å²) in [6.45, 7) is 4.47. The molecule has 2 aromatic rings. The normalized spacial score (nSPS) is 10.4. The predicted molar refractivity (Wildman–Crippen MR) is 104 cm³/mol. The number of hydrogen-bond donors (Lipinski definition) is 1. The Kier molecular flexibility index (Phi) is 7.94. The molecule has 0 unspecified atom stereocenters. The number of halogens is 1. The van der Waals surface area contributed by atoms with Gasteiger partial charge in [-0.2, -0.15) is 0 Å². The minimum absolute atomic E-state index is 0.153. The molecule has 1 amide bonds. The SMILES string of the molecule is CCOC(=O)c1cc(CC)sc1NC(=O)CCCOc1ccc(Cl)cc1. The Labute approximate surface area is 162 Å². The monoisotopic (exact) mass is 395 g/mol. The Bertz CT molecular complexity index is 742. The van der Waals surface area contributed by atoms with Crippen LogP contribution in [0.1, 0.15) is 41.9 Å². The standard InChI is InChI=1S/C19H22ClNO4S/c1-3-15-12-16(19(23)24-4-2)18(26-15)21-17(22)6-5-11-25-14-9-7-13(20)8-10-14/h7-10,12H,3-6,11H2,1-2H3,(H,21,22). The molecule has 0 bridgehead atoms. The molecule has 2 rings (SSSR count). The summed E-state index contributed by atoms with van der Waals surface area (Å²) < 4.78 is 10.6. The molecule has 7 heteroatoms. The highest BCUT2D eigenvalue weighted by Crippen LogP contribution is 2.29. The summed E-state index contributed by atoms with van der Waals surface area (Å²) in [7, 11) is 0. The molecule has 0 atom stereocenters. The van der Waals surface area contributed by atoms with Gasteiger partial charge in [-0.3, -0.25) is 4.79 Å². The van der Waals surface area contributed by atoms with Gasteiger partial charge in [-0.25, -0.2) is 4.79 Å². The van der Waals surface area contributed by atoms with Gasteiger partial charge in [0.2, 0.25) is 5.91 Å². The van der Waals surface area contributed by atoms with Crippen LogP contribution >= 0.6 is 22.9 Å². The van der Waals surface area contributed by atoms with Gasteiger partial charge in [0.05, 0.1) is 18.8 Å². The molecule has 0 aliphatic rings. The van der Waals surface area contributed by atoms with E-state index in [2.05, 4.69) is 5.32 Å². The molecule has 0 saturated carbocycles. The summed E-state index contributed by atoms with van der Waals surface area (Å²) >= 11 is 7.22. The molecule has 1 heterocycles. The van der Waals surface area contributed by atoms with Crippen molar-refractivity contribution in [1.29, 1.82) is 0 Å². The highest BCUT2D eigenvalue weighted by atomic mass is 35.5. The average Bonchev–Trinajstić information content (AvgIpc) is 3.03. The molecule has 0 radical (unpaired) electrons. The molecule has 0 spiro atoms. The number of esters is 1. The van der Waals surface area contributed by atoms with E-state index in [1.54, 1.807) is 37.3 Å². The number of rotatable bonds is 9. The van der Waals surface area contributed by atoms with Gasteiger partial charge in [-0.15, -0.1) is 11.3 Å². The van der Waals surface area contributed by atoms with Crippen LogP contribution in [-0.2, 0) is 16.0 Å². The Morgan fingerprint density at radius 2 is 1.92 bits per heavy atom. The molecule has 1 aromatic carbocycles. The van der Waals surface area contributed by atoms with Crippen LogP contribution < -0.4 is 10.1 Å². The van der Waals surface area contributed by atoms with Crippen molar-refractivity contribution in [2.75, 3.05) is 18.5 Å². The van der Waals surface area contributed by atoms with Crippen molar-refractivity contribution in [2.24, 2.45) is 0 Å². The minimum atomic E-state index is -0.412. The summed E-state index contributed by atoms with van der Waals surface area (Å²) in [6, 6.07) is 8.85. The van der Waals surface area contributed by atoms with Crippen LogP contribution in [0.15, 0.2) is 30.3 Å². The molecule has 26 heavy (non-hydrogen) atoms. The van der Waals surface area contributed by atoms with Gasteiger partial charge in [0.15, 0.2) is 0 Å². The van der Waals surface area contributed by atoms with Gasteiger partial charge in [0.25, 0.3) is 0 Å². The predicted octanol–water partition coefficient (Wildman–Crippen LogP) is 4.94. The first kappa shape index (κ1) is 20.3. The second kappa shape index (κ2) is 10.2. The zero-order chi connectivity index (χ0) is 18.9. The number of aryl methyl sites for hydroxylation is 1.